The van der Waals surface area contributed by atoms with E-state index in [2.05, 4.69) is 0 Å². The lowest BCUT2D eigenvalue weighted by molar-refractivity contribution is -0.117. The van der Waals surface area contributed by atoms with E-state index in [1.54, 1.807) is 36.4 Å². The highest BCUT2D eigenvalue weighted by atomic mass is 19.1. The summed E-state index contributed by atoms with van der Waals surface area (Å²) in [6, 6.07) is 13.0. The number of carbonyl (C=O) groups is 2. The van der Waals surface area contributed by atoms with E-state index in [9.17, 15) is 14.0 Å². The molecule has 0 aliphatic carbocycles. The monoisotopic (exact) mass is 270 g/mol. The predicted octanol–water partition coefficient (Wildman–Crippen LogP) is 3.38. The van der Waals surface area contributed by atoms with E-state index < -0.39 is 0 Å². The van der Waals surface area contributed by atoms with Crippen molar-refractivity contribution in [2.45, 2.75) is 19.8 Å². The van der Waals surface area contributed by atoms with Crippen molar-refractivity contribution in [1.29, 1.82) is 0 Å². The van der Waals surface area contributed by atoms with Gasteiger partial charge in [-0.2, -0.15) is 0 Å². The zero-order valence-electron chi connectivity index (χ0n) is 11.2. The van der Waals surface area contributed by atoms with Gasteiger partial charge in [-0.15, -0.1) is 0 Å². The highest BCUT2D eigenvalue weighted by molar-refractivity contribution is 5.94. The molecule has 2 aromatic carbocycles. The van der Waals surface area contributed by atoms with Crippen LogP contribution in [0.2, 0.25) is 0 Å². The average Bonchev–Trinajstić information content (AvgIpc) is 2.39. The molecule has 0 aromatic heterocycles. The van der Waals surface area contributed by atoms with Crippen molar-refractivity contribution in [3.63, 3.8) is 0 Å². The molecule has 0 radical (unpaired) electrons. The van der Waals surface area contributed by atoms with Gasteiger partial charge in [0, 0.05) is 18.4 Å². The van der Waals surface area contributed by atoms with E-state index in [4.69, 9.17) is 0 Å². The van der Waals surface area contributed by atoms with Crippen molar-refractivity contribution < 1.29 is 14.0 Å². The fraction of sp³-hybridized carbons (Fsp3) is 0.176. The number of halogens is 1. The second-order valence-corrected chi connectivity index (χ2v) is 4.78. The summed E-state index contributed by atoms with van der Waals surface area (Å²) < 4.78 is 13.0. The summed E-state index contributed by atoms with van der Waals surface area (Å²) in [5, 5.41) is 0. The highest BCUT2D eigenvalue weighted by Gasteiger charge is 2.07. The second kappa shape index (κ2) is 6.24. The molecule has 0 N–H and O–H groups in total. The molecule has 2 rings (SSSR count). The number of Topliss-reactive ketones (excluding diaryl/α,β-unsaturated/α-hetero) is 2. The minimum absolute atomic E-state index is 0.00244. The molecular formula is C17H15FO2. The van der Waals surface area contributed by atoms with E-state index in [0.717, 1.165) is 5.56 Å². The first kappa shape index (κ1) is 14.1. The quantitative estimate of drug-likeness (QED) is 0.780. The van der Waals surface area contributed by atoms with Crippen LogP contribution in [-0.2, 0) is 17.6 Å². The fourth-order valence-electron chi connectivity index (χ4n) is 2.02. The first-order valence-electron chi connectivity index (χ1n) is 6.40. The molecule has 2 aromatic rings. The molecule has 0 atom stereocenters. The lowest BCUT2D eigenvalue weighted by Crippen LogP contribution is -2.07. The van der Waals surface area contributed by atoms with Gasteiger partial charge in [0.15, 0.2) is 5.78 Å². The van der Waals surface area contributed by atoms with Crippen molar-refractivity contribution in [3.8, 4) is 0 Å². The molecule has 0 fully saturated rings. The lowest BCUT2D eigenvalue weighted by atomic mass is 10.0. The van der Waals surface area contributed by atoms with Crippen molar-refractivity contribution in [3.05, 3.63) is 71.0 Å². The van der Waals surface area contributed by atoms with Gasteiger partial charge in [0.1, 0.15) is 11.6 Å². The van der Waals surface area contributed by atoms with Gasteiger partial charge in [0.2, 0.25) is 0 Å². The Labute approximate surface area is 117 Å². The maximum absolute atomic E-state index is 13.0. The first-order valence-corrected chi connectivity index (χ1v) is 6.40. The molecule has 0 spiro atoms. The third-order valence-electron chi connectivity index (χ3n) is 3.05. The van der Waals surface area contributed by atoms with Crippen LogP contribution in [0.5, 0.6) is 0 Å². The maximum Gasteiger partial charge on any atom is 0.159 e. The van der Waals surface area contributed by atoms with Crippen LogP contribution in [0.3, 0.4) is 0 Å². The SMILES string of the molecule is CC(=O)c1ccc(CC(=O)Cc2cccc(F)c2)cc1. The Kier molecular flexibility index (Phi) is 4.41. The normalized spacial score (nSPS) is 10.3. The van der Waals surface area contributed by atoms with E-state index in [1.807, 2.05) is 0 Å². The molecule has 0 saturated carbocycles. The van der Waals surface area contributed by atoms with Crippen LogP contribution < -0.4 is 0 Å². The minimum Gasteiger partial charge on any atom is -0.299 e. The molecule has 0 bridgehead atoms. The van der Waals surface area contributed by atoms with Crippen LogP contribution in [-0.4, -0.2) is 11.6 Å². The van der Waals surface area contributed by atoms with Crippen molar-refractivity contribution in [1.82, 2.24) is 0 Å². The topological polar surface area (TPSA) is 34.1 Å². The molecule has 2 nitrogen and oxygen atoms in total. The summed E-state index contributed by atoms with van der Waals surface area (Å²) >= 11 is 0. The van der Waals surface area contributed by atoms with Crippen LogP contribution in [0.25, 0.3) is 0 Å². The second-order valence-electron chi connectivity index (χ2n) is 4.78. The zero-order valence-corrected chi connectivity index (χ0v) is 11.2. The predicted molar refractivity (Wildman–Crippen MR) is 75.3 cm³/mol. The number of benzene rings is 2. The molecule has 0 saturated heterocycles. The van der Waals surface area contributed by atoms with Gasteiger partial charge in [0.25, 0.3) is 0 Å². The van der Waals surface area contributed by atoms with Gasteiger partial charge >= 0.3 is 0 Å². The molecule has 0 amide bonds. The number of hydrogen-bond donors (Lipinski definition) is 0. The molecule has 0 heterocycles. The summed E-state index contributed by atoms with van der Waals surface area (Å²) in [6.07, 6.45) is 0.501. The molecular weight excluding hydrogens is 255 g/mol. The standard InChI is InChI=1S/C17H15FO2/c1-12(19)15-7-5-13(6-8-15)10-17(20)11-14-3-2-4-16(18)9-14/h2-9H,10-11H2,1H3. The Bertz CT molecular complexity index is 630. The van der Waals surface area contributed by atoms with Crippen LogP contribution >= 0.6 is 0 Å². The summed E-state index contributed by atoms with van der Waals surface area (Å²) in [4.78, 5) is 23.1. The molecule has 3 heteroatoms. The summed E-state index contributed by atoms with van der Waals surface area (Å²) in [7, 11) is 0. The van der Waals surface area contributed by atoms with Crippen LogP contribution in [0.4, 0.5) is 4.39 Å². The Morgan fingerprint density at radius 2 is 1.60 bits per heavy atom. The number of rotatable bonds is 5. The number of hydrogen-bond acceptors (Lipinski definition) is 2. The van der Waals surface area contributed by atoms with E-state index in [1.165, 1.54) is 19.1 Å². The van der Waals surface area contributed by atoms with Crippen LogP contribution in [0.1, 0.15) is 28.4 Å². The third-order valence-corrected chi connectivity index (χ3v) is 3.05. The summed E-state index contributed by atoms with van der Waals surface area (Å²) in [5.41, 5.74) is 2.16. The van der Waals surface area contributed by atoms with Gasteiger partial charge < -0.3 is 0 Å². The molecule has 0 aliphatic heterocycles. The summed E-state index contributed by atoms with van der Waals surface area (Å²) in [5.74, 6) is -0.310. The molecule has 102 valence electrons. The Balaban J connectivity index is 1.99. The lowest BCUT2D eigenvalue weighted by Gasteiger charge is -2.03. The molecule has 20 heavy (non-hydrogen) atoms. The Morgan fingerprint density at radius 3 is 2.20 bits per heavy atom. The van der Waals surface area contributed by atoms with Crippen molar-refractivity contribution >= 4 is 11.6 Å². The maximum atomic E-state index is 13.0. The van der Waals surface area contributed by atoms with Gasteiger partial charge in [0.05, 0.1) is 0 Å². The third kappa shape index (κ3) is 3.85. The van der Waals surface area contributed by atoms with E-state index in [-0.39, 0.29) is 30.2 Å². The largest absolute Gasteiger partial charge is 0.299 e. The van der Waals surface area contributed by atoms with Gasteiger partial charge in [-0.1, -0.05) is 36.4 Å². The number of carbonyl (C=O) groups excluding carboxylic acids is 2. The molecule has 0 unspecified atom stereocenters. The van der Waals surface area contributed by atoms with Crippen molar-refractivity contribution in [2.24, 2.45) is 0 Å². The Morgan fingerprint density at radius 1 is 0.950 bits per heavy atom. The van der Waals surface area contributed by atoms with Crippen molar-refractivity contribution in [2.75, 3.05) is 0 Å². The summed E-state index contributed by atoms with van der Waals surface area (Å²) in [6.45, 7) is 1.50. The Hall–Kier alpha value is -2.29. The van der Waals surface area contributed by atoms with E-state index >= 15 is 0 Å². The first-order chi connectivity index (χ1) is 9.54. The van der Waals surface area contributed by atoms with Crippen LogP contribution in [0.15, 0.2) is 48.5 Å². The van der Waals surface area contributed by atoms with Gasteiger partial charge in [-0.25, -0.2) is 4.39 Å². The van der Waals surface area contributed by atoms with Gasteiger partial charge in [-0.3, -0.25) is 9.59 Å². The fourth-order valence-corrected chi connectivity index (χ4v) is 2.02. The van der Waals surface area contributed by atoms with Crippen LogP contribution in [0, 0.1) is 5.82 Å². The van der Waals surface area contributed by atoms with E-state index in [0.29, 0.717) is 11.1 Å². The molecule has 0 aliphatic rings. The van der Waals surface area contributed by atoms with Gasteiger partial charge in [-0.05, 0) is 30.2 Å². The smallest absolute Gasteiger partial charge is 0.159 e. The highest BCUT2D eigenvalue weighted by Crippen LogP contribution is 2.09. The zero-order chi connectivity index (χ0) is 14.5. The average molecular weight is 270 g/mol. The number of ketones is 2. The minimum atomic E-state index is -0.332.